The second-order valence-electron chi connectivity index (χ2n) is 10.3. The van der Waals surface area contributed by atoms with E-state index >= 15 is 0 Å². The molecule has 0 aromatic rings. The molecule has 3 amide bonds. The van der Waals surface area contributed by atoms with Crippen molar-refractivity contribution in [3.63, 3.8) is 0 Å². The molecule has 1 heterocycles. The van der Waals surface area contributed by atoms with Crippen LogP contribution in [0.1, 0.15) is 119 Å². The van der Waals surface area contributed by atoms with Gasteiger partial charge in [-0.1, -0.05) is 102 Å². The highest BCUT2D eigenvalue weighted by atomic mass is 33.2. The van der Waals surface area contributed by atoms with Crippen LogP contribution >= 0.6 is 68.8 Å². The van der Waals surface area contributed by atoms with Crippen molar-refractivity contribution in [3.05, 3.63) is 0 Å². The molecule has 1 aliphatic rings. The predicted molar refractivity (Wildman–Crippen MR) is 196 cm³/mol. The van der Waals surface area contributed by atoms with Gasteiger partial charge in [0.15, 0.2) is 0 Å². The zero-order valence-corrected chi connectivity index (χ0v) is 32.3. The minimum absolute atomic E-state index is 0.278. The molecule has 0 spiro atoms. The normalized spacial score (nSPS) is 14.4. The summed E-state index contributed by atoms with van der Waals surface area (Å²) in [6.07, 6.45) is 9.18. The number of carbonyl (C=O) groups is 3. The highest BCUT2D eigenvalue weighted by molar-refractivity contribution is 8.99. The number of amides is 3. The Bertz CT molecular complexity index is 845. The Morgan fingerprint density at radius 2 is 1.39 bits per heavy atom. The molecule has 0 unspecified atom stereocenters. The molecular formula is C28H54N4O6S6. The summed E-state index contributed by atoms with van der Waals surface area (Å²) in [5, 5.41) is 0. The SMILES string of the molecule is CCCCOC(=O)N(SN1SN(CCCC)C(=O)OSOC1=O)S(CCCC)(CCCC)SC(=S)N(CCCC)CCCC. The number of hydrogen-bond acceptors (Lipinski definition) is 11. The molecule has 0 aromatic carbocycles. The van der Waals surface area contributed by atoms with Crippen LogP contribution in [-0.4, -0.2) is 77.0 Å². The Kier molecular flexibility index (Phi) is 23.2. The average Bonchev–Trinajstić information content (AvgIpc) is 3.01. The van der Waals surface area contributed by atoms with Gasteiger partial charge in [-0.05, 0) is 49.3 Å². The molecule has 258 valence electrons. The monoisotopic (exact) mass is 734 g/mol. The van der Waals surface area contributed by atoms with Crippen LogP contribution in [0.25, 0.3) is 0 Å². The van der Waals surface area contributed by atoms with Crippen molar-refractivity contribution in [1.29, 1.82) is 0 Å². The molecule has 0 radical (unpaired) electrons. The first-order chi connectivity index (χ1) is 21.2. The fourth-order valence-corrected chi connectivity index (χ4v) is 14.6. The van der Waals surface area contributed by atoms with Gasteiger partial charge >= 0.3 is 30.6 Å². The Labute approximate surface area is 290 Å². The van der Waals surface area contributed by atoms with Crippen LogP contribution in [0.15, 0.2) is 0 Å². The third kappa shape index (κ3) is 14.9. The lowest BCUT2D eigenvalue weighted by atomic mass is 10.3. The second-order valence-corrected chi connectivity index (χ2v) is 19.4. The van der Waals surface area contributed by atoms with Gasteiger partial charge in [0.25, 0.3) is 0 Å². The number of nitrogens with zero attached hydrogens (tertiary/aromatic N) is 4. The summed E-state index contributed by atoms with van der Waals surface area (Å²) in [7, 11) is -0.415. The topological polar surface area (TPSA) is 91.9 Å². The van der Waals surface area contributed by atoms with Crippen molar-refractivity contribution < 1.29 is 27.5 Å². The van der Waals surface area contributed by atoms with E-state index in [1.165, 1.54) is 8.02 Å². The summed E-state index contributed by atoms with van der Waals surface area (Å²) in [5.74, 6) is 1.48. The van der Waals surface area contributed by atoms with E-state index in [4.69, 9.17) is 25.3 Å². The van der Waals surface area contributed by atoms with E-state index in [0.29, 0.717) is 18.9 Å². The minimum atomic E-state index is -2.03. The molecule has 16 heteroatoms. The molecule has 0 aliphatic carbocycles. The zero-order chi connectivity index (χ0) is 32.8. The Morgan fingerprint density at radius 3 is 1.93 bits per heavy atom. The molecule has 0 atom stereocenters. The fourth-order valence-electron chi connectivity index (χ4n) is 3.74. The van der Waals surface area contributed by atoms with Crippen LogP contribution < -0.4 is 0 Å². The Balaban J connectivity index is 3.63. The van der Waals surface area contributed by atoms with Crippen LogP contribution in [0.2, 0.25) is 0 Å². The molecule has 44 heavy (non-hydrogen) atoms. The highest BCUT2D eigenvalue weighted by Crippen LogP contribution is 2.67. The molecular weight excluding hydrogens is 681 g/mol. The van der Waals surface area contributed by atoms with E-state index in [0.717, 1.165) is 130 Å². The third-order valence-electron chi connectivity index (χ3n) is 6.46. The molecule has 0 bridgehead atoms. The summed E-state index contributed by atoms with van der Waals surface area (Å²) in [5.41, 5.74) is 0. The van der Waals surface area contributed by atoms with Crippen LogP contribution in [0.4, 0.5) is 14.4 Å². The first-order valence-electron chi connectivity index (χ1n) is 16.0. The van der Waals surface area contributed by atoms with Gasteiger partial charge in [-0.15, -0.1) is 0 Å². The largest absolute Gasteiger partial charge is 0.448 e. The van der Waals surface area contributed by atoms with Gasteiger partial charge in [-0.2, -0.15) is 7.42 Å². The van der Waals surface area contributed by atoms with Crippen molar-refractivity contribution in [2.45, 2.75) is 119 Å². The first-order valence-corrected chi connectivity index (χ1v) is 21.8. The maximum atomic E-state index is 14.1. The number of thiocarbonyl (C=S) groups is 1. The van der Waals surface area contributed by atoms with Gasteiger partial charge < -0.3 is 18.0 Å². The van der Waals surface area contributed by atoms with Gasteiger partial charge in [-0.25, -0.2) is 18.7 Å². The van der Waals surface area contributed by atoms with Gasteiger partial charge in [0.2, 0.25) is 0 Å². The predicted octanol–water partition coefficient (Wildman–Crippen LogP) is 10.8. The van der Waals surface area contributed by atoms with Crippen molar-refractivity contribution in [2.24, 2.45) is 0 Å². The quantitative estimate of drug-likeness (QED) is 0.0348. The summed E-state index contributed by atoms with van der Waals surface area (Å²) in [6, 6.07) is 0. The Morgan fingerprint density at radius 1 is 0.841 bits per heavy atom. The molecule has 0 aromatic heterocycles. The van der Waals surface area contributed by atoms with Crippen molar-refractivity contribution >= 4 is 91.4 Å². The standard InChI is InChI=1S/C28H54N4O6S6/c1-7-13-19-29(20-14-8-2)28(39)40-44(23-17-11-5,24-18-12-6)32(27(35)36-22-16-10-4)42-31-26(34)38-43-37-25(33)30(41-31)21-15-9-3/h7-24H2,1-6H3. The summed E-state index contributed by atoms with van der Waals surface area (Å²) in [6.45, 7) is 15.1. The number of carbonyl (C=O) groups excluding carboxylic acids is 3. The second kappa shape index (κ2) is 24.6. The van der Waals surface area contributed by atoms with E-state index < -0.39 is 27.5 Å². The molecule has 0 N–H and O–H groups in total. The Hall–Kier alpha value is -0.550. The smallest absolute Gasteiger partial charge is 0.448 e. The van der Waals surface area contributed by atoms with E-state index in [1.807, 2.05) is 13.8 Å². The number of unbranched alkanes of at least 4 members (excludes halogenated alkanes) is 6. The van der Waals surface area contributed by atoms with Crippen molar-refractivity contribution in [3.8, 4) is 0 Å². The highest BCUT2D eigenvalue weighted by Gasteiger charge is 2.43. The maximum Gasteiger partial charge on any atom is 0.448 e. The van der Waals surface area contributed by atoms with Crippen LogP contribution in [0.5, 0.6) is 0 Å². The zero-order valence-electron chi connectivity index (χ0n) is 27.4. The van der Waals surface area contributed by atoms with Gasteiger partial charge in [-0.3, -0.25) is 0 Å². The summed E-state index contributed by atoms with van der Waals surface area (Å²) < 4.78 is 21.1. The third-order valence-corrected chi connectivity index (χ3v) is 17.0. The lowest BCUT2D eigenvalue weighted by molar-refractivity contribution is 0.140. The molecule has 0 saturated carbocycles. The summed E-state index contributed by atoms with van der Waals surface area (Å²) in [4.78, 5) is 42.3. The molecule has 1 fully saturated rings. The van der Waals surface area contributed by atoms with Gasteiger partial charge in [0.05, 0.1) is 18.7 Å². The van der Waals surface area contributed by atoms with Crippen LogP contribution in [-0.2, 0) is 13.1 Å². The fraction of sp³-hybridized carbons (Fsp3) is 0.857. The molecule has 10 nitrogen and oxygen atoms in total. The van der Waals surface area contributed by atoms with Gasteiger partial charge in [0, 0.05) is 31.1 Å². The number of ether oxygens (including phenoxy) is 1. The average molecular weight is 735 g/mol. The number of hydrogen-bond donors (Lipinski definition) is 0. The lowest BCUT2D eigenvalue weighted by Gasteiger charge is -2.47. The van der Waals surface area contributed by atoms with E-state index in [9.17, 15) is 14.4 Å². The maximum absolute atomic E-state index is 14.1. The number of rotatable bonds is 22. The summed E-state index contributed by atoms with van der Waals surface area (Å²) >= 11 is 8.33. The van der Waals surface area contributed by atoms with E-state index in [-0.39, 0.29) is 6.61 Å². The first kappa shape index (κ1) is 41.5. The molecule has 1 aliphatic heterocycles. The minimum Gasteiger partial charge on any atom is -0.448 e. The van der Waals surface area contributed by atoms with Gasteiger partial charge in [0.1, 0.15) is 16.5 Å². The van der Waals surface area contributed by atoms with E-state index in [2.05, 4.69) is 32.6 Å². The van der Waals surface area contributed by atoms with E-state index in [1.54, 1.807) is 14.5 Å². The van der Waals surface area contributed by atoms with Crippen LogP contribution in [0.3, 0.4) is 0 Å². The van der Waals surface area contributed by atoms with Crippen molar-refractivity contribution in [2.75, 3.05) is 37.7 Å². The van der Waals surface area contributed by atoms with Crippen molar-refractivity contribution in [1.82, 2.24) is 16.6 Å². The molecule has 1 saturated heterocycles. The molecule has 1 rings (SSSR count). The lowest BCUT2D eigenvalue weighted by Crippen LogP contribution is -2.39. The van der Waals surface area contributed by atoms with Crippen LogP contribution in [0, 0.1) is 0 Å².